The van der Waals surface area contributed by atoms with Crippen LogP contribution in [0.25, 0.3) is 0 Å². The first kappa shape index (κ1) is 12.0. The standard InChI is InChI=1S/C13H15NO2/c1-3-10-14(11-4-2)13(15)16-12-8-6-5-7-9-12/h3-9H,1-2,10-11H2. The number of ether oxygens (including phenoxy) is 1. The lowest BCUT2D eigenvalue weighted by Gasteiger charge is -2.18. The maximum Gasteiger partial charge on any atom is 0.415 e. The normalized spacial score (nSPS) is 9.25. The lowest BCUT2D eigenvalue weighted by molar-refractivity contribution is 0.162. The molecule has 84 valence electrons. The van der Waals surface area contributed by atoms with Gasteiger partial charge >= 0.3 is 6.09 Å². The molecule has 0 bridgehead atoms. The zero-order valence-electron chi connectivity index (χ0n) is 9.13. The van der Waals surface area contributed by atoms with E-state index in [0.717, 1.165) is 0 Å². The highest BCUT2D eigenvalue weighted by Gasteiger charge is 2.12. The van der Waals surface area contributed by atoms with E-state index in [1.165, 1.54) is 4.90 Å². The van der Waals surface area contributed by atoms with E-state index in [-0.39, 0.29) is 0 Å². The Kier molecular flexibility index (Phi) is 4.86. The Labute approximate surface area is 95.6 Å². The molecule has 1 amide bonds. The van der Waals surface area contributed by atoms with Crippen LogP contribution in [0.3, 0.4) is 0 Å². The van der Waals surface area contributed by atoms with Crippen molar-refractivity contribution < 1.29 is 9.53 Å². The molecule has 1 aromatic rings. The van der Waals surface area contributed by atoms with Crippen LogP contribution in [0.5, 0.6) is 5.75 Å². The van der Waals surface area contributed by atoms with Gasteiger partial charge in [-0.25, -0.2) is 4.79 Å². The van der Waals surface area contributed by atoms with Gasteiger partial charge in [0, 0.05) is 13.1 Å². The summed E-state index contributed by atoms with van der Waals surface area (Å²) in [6.45, 7) is 8.06. The molecule has 0 aromatic heterocycles. The maximum atomic E-state index is 11.7. The number of benzene rings is 1. The number of carbonyl (C=O) groups excluding carboxylic acids is 1. The zero-order chi connectivity index (χ0) is 11.8. The van der Waals surface area contributed by atoms with Crippen molar-refractivity contribution in [2.24, 2.45) is 0 Å². The van der Waals surface area contributed by atoms with Gasteiger partial charge in [-0.1, -0.05) is 30.4 Å². The SMILES string of the molecule is C=CCN(CC=C)C(=O)Oc1ccccc1. The van der Waals surface area contributed by atoms with Crippen LogP contribution in [0.15, 0.2) is 55.6 Å². The Hall–Kier alpha value is -2.03. The molecule has 0 aliphatic carbocycles. The van der Waals surface area contributed by atoms with Gasteiger partial charge in [0.1, 0.15) is 5.75 Å². The van der Waals surface area contributed by atoms with Gasteiger partial charge in [-0.05, 0) is 12.1 Å². The molecule has 3 nitrogen and oxygen atoms in total. The highest BCUT2D eigenvalue weighted by molar-refractivity contribution is 5.71. The van der Waals surface area contributed by atoms with Crippen molar-refractivity contribution in [3.8, 4) is 5.75 Å². The Morgan fingerprint density at radius 3 is 2.25 bits per heavy atom. The average molecular weight is 217 g/mol. The number of hydrogen-bond acceptors (Lipinski definition) is 2. The van der Waals surface area contributed by atoms with E-state index in [0.29, 0.717) is 18.8 Å². The van der Waals surface area contributed by atoms with Crippen LogP contribution < -0.4 is 4.74 Å². The third-order valence-corrected chi connectivity index (χ3v) is 1.91. The summed E-state index contributed by atoms with van der Waals surface area (Å²) in [5, 5.41) is 0. The summed E-state index contributed by atoms with van der Waals surface area (Å²) in [6, 6.07) is 8.96. The summed E-state index contributed by atoms with van der Waals surface area (Å²) in [4.78, 5) is 13.2. The van der Waals surface area contributed by atoms with E-state index in [1.54, 1.807) is 24.3 Å². The number of carbonyl (C=O) groups is 1. The van der Waals surface area contributed by atoms with Crippen LogP contribution in [0, 0.1) is 0 Å². The third kappa shape index (κ3) is 3.61. The monoisotopic (exact) mass is 217 g/mol. The van der Waals surface area contributed by atoms with Gasteiger partial charge in [-0.15, -0.1) is 13.2 Å². The number of amides is 1. The second-order valence-corrected chi connectivity index (χ2v) is 3.16. The molecular weight excluding hydrogens is 202 g/mol. The molecular formula is C13H15NO2. The Balaban J connectivity index is 2.61. The summed E-state index contributed by atoms with van der Waals surface area (Å²) in [6.07, 6.45) is 2.90. The Bertz CT molecular complexity index is 349. The second-order valence-electron chi connectivity index (χ2n) is 3.16. The van der Waals surface area contributed by atoms with Gasteiger partial charge in [0.25, 0.3) is 0 Å². The van der Waals surface area contributed by atoms with Crippen molar-refractivity contribution in [2.45, 2.75) is 0 Å². The highest BCUT2D eigenvalue weighted by Crippen LogP contribution is 2.10. The van der Waals surface area contributed by atoms with E-state index in [9.17, 15) is 4.79 Å². The smallest absolute Gasteiger partial charge is 0.410 e. The lowest BCUT2D eigenvalue weighted by atomic mass is 10.3. The quantitative estimate of drug-likeness (QED) is 0.710. The van der Waals surface area contributed by atoms with Crippen LogP contribution in [0.2, 0.25) is 0 Å². The summed E-state index contributed by atoms with van der Waals surface area (Å²) in [7, 11) is 0. The molecule has 0 aliphatic heterocycles. The molecule has 0 N–H and O–H groups in total. The van der Waals surface area contributed by atoms with Gasteiger partial charge in [0.2, 0.25) is 0 Å². The van der Waals surface area contributed by atoms with Crippen molar-refractivity contribution in [2.75, 3.05) is 13.1 Å². The van der Waals surface area contributed by atoms with Crippen molar-refractivity contribution in [3.05, 3.63) is 55.6 Å². The van der Waals surface area contributed by atoms with Crippen LogP contribution in [0.1, 0.15) is 0 Å². The molecule has 0 unspecified atom stereocenters. The van der Waals surface area contributed by atoms with E-state index in [1.807, 2.05) is 18.2 Å². The van der Waals surface area contributed by atoms with Crippen molar-refractivity contribution >= 4 is 6.09 Å². The van der Waals surface area contributed by atoms with Crippen LogP contribution >= 0.6 is 0 Å². The second kappa shape index (κ2) is 6.45. The van der Waals surface area contributed by atoms with E-state index >= 15 is 0 Å². The molecule has 0 radical (unpaired) electrons. The fourth-order valence-corrected chi connectivity index (χ4v) is 1.19. The first-order valence-electron chi connectivity index (χ1n) is 5.01. The van der Waals surface area contributed by atoms with Gasteiger partial charge in [0.05, 0.1) is 0 Å². The summed E-state index contributed by atoms with van der Waals surface area (Å²) >= 11 is 0. The van der Waals surface area contributed by atoms with Crippen molar-refractivity contribution in [1.82, 2.24) is 4.90 Å². The first-order valence-corrected chi connectivity index (χ1v) is 5.01. The topological polar surface area (TPSA) is 29.5 Å². The van der Waals surface area contributed by atoms with Crippen LogP contribution in [-0.4, -0.2) is 24.1 Å². The molecule has 1 rings (SSSR count). The number of rotatable bonds is 5. The van der Waals surface area contributed by atoms with Gasteiger partial charge in [-0.2, -0.15) is 0 Å². The number of hydrogen-bond donors (Lipinski definition) is 0. The first-order chi connectivity index (χ1) is 7.77. The fraction of sp³-hybridized carbons (Fsp3) is 0.154. The van der Waals surface area contributed by atoms with E-state index in [4.69, 9.17) is 4.74 Å². The van der Waals surface area contributed by atoms with Crippen LogP contribution in [0.4, 0.5) is 4.79 Å². The molecule has 3 heteroatoms. The predicted octanol–water partition coefficient (Wildman–Crippen LogP) is 2.86. The highest BCUT2D eigenvalue weighted by atomic mass is 16.6. The molecule has 0 aliphatic rings. The summed E-state index contributed by atoms with van der Waals surface area (Å²) in [5.41, 5.74) is 0. The molecule has 16 heavy (non-hydrogen) atoms. The van der Waals surface area contributed by atoms with Crippen molar-refractivity contribution in [3.63, 3.8) is 0 Å². The van der Waals surface area contributed by atoms with E-state index in [2.05, 4.69) is 13.2 Å². The van der Waals surface area contributed by atoms with Gasteiger partial charge in [0.15, 0.2) is 0 Å². The zero-order valence-corrected chi connectivity index (χ0v) is 9.13. The minimum atomic E-state index is -0.397. The molecule has 0 saturated heterocycles. The largest absolute Gasteiger partial charge is 0.415 e. The predicted molar refractivity (Wildman–Crippen MR) is 64.4 cm³/mol. The van der Waals surface area contributed by atoms with E-state index < -0.39 is 6.09 Å². The molecule has 0 spiro atoms. The molecule has 0 heterocycles. The third-order valence-electron chi connectivity index (χ3n) is 1.91. The molecule has 0 fully saturated rings. The molecule has 1 aromatic carbocycles. The summed E-state index contributed by atoms with van der Waals surface area (Å²) in [5.74, 6) is 0.533. The average Bonchev–Trinajstić information content (AvgIpc) is 2.30. The molecule has 0 saturated carbocycles. The van der Waals surface area contributed by atoms with Crippen LogP contribution in [-0.2, 0) is 0 Å². The number of nitrogens with zero attached hydrogens (tertiary/aromatic N) is 1. The lowest BCUT2D eigenvalue weighted by Crippen LogP contribution is -2.33. The van der Waals surface area contributed by atoms with Gasteiger partial charge < -0.3 is 9.64 Å². The summed E-state index contributed by atoms with van der Waals surface area (Å²) < 4.78 is 5.17. The maximum absolute atomic E-state index is 11.7. The fourth-order valence-electron chi connectivity index (χ4n) is 1.19. The minimum absolute atomic E-state index is 0.397. The molecule has 0 atom stereocenters. The van der Waals surface area contributed by atoms with Crippen molar-refractivity contribution in [1.29, 1.82) is 0 Å². The minimum Gasteiger partial charge on any atom is -0.410 e. The van der Waals surface area contributed by atoms with Gasteiger partial charge in [-0.3, -0.25) is 0 Å². The Morgan fingerprint density at radius 2 is 1.75 bits per heavy atom. The Morgan fingerprint density at radius 1 is 1.19 bits per heavy atom. The number of para-hydroxylation sites is 1.